The van der Waals surface area contributed by atoms with Gasteiger partial charge in [0.2, 0.25) is 0 Å². The highest BCUT2D eigenvalue weighted by Crippen LogP contribution is 2.01. The molecule has 1 atom stereocenters. The minimum absolute atomic E-state index is 0.151. The lowest BCUT2D eigenvalue weighted by Crippen LogP contribution is -2.42. The third kappa shape index (κ3) is 8.41. The summed E-state index contributed by atoms with van der Waals surface area (Å²) in [6, 6.07) is 0.151. The number of nitrogens with zero attached hydrogens (tertiary/aromatic N) is 1. The number of aliphatic hydroxyl groups is 1. The summed E-state index contributed by atoms with van der Waals surface area (Å²) >= 11 is 0. The quantitative estimate of drug-likeness (QED) is 0.438. The summed E-state index contributed by atoms with van der Waals surface area (Å²) in [7, 11) is 2.95. The first kappa shape index (κ1) is 17.3. The van der Waals surface area contributed by atoms with Crippen LogP contribution in [0.1, 0.15) is 13.8 Å². The van der Waals surface area contributed by atoms with Crippen LogP contribution in [0.25, 0.3) is 0 Å². The lowest BCUT2D eigenvalue weighted by molar-refractivity contribution is -0.142. The van der Waals surface area contributed by atoms with Gasteiger partial charge in [-0.3, -0.25) is 9.69 Å². The van der Waals surface area contributed by atoms with E-state index in [1.807, 2.05) is 18.7 Å². The van der Waals surface area contributed by atoms with Crippen molar-refractivity contribution in [2.24, 2.45) is 0 Å². The van der Waals surface area contributed by atoms with E-state index in [0.29, 0.717) is 19.8 Å². The molecule has 0 saturated carbocycles. The lowest BCUT2D eigenvalue weighted by Gasteiger charge is -2.27. The normalized spacial score (nSPS) is 13.1. The summed E-state index contributed by atoms with van der Waals surface area (Å²) in [4.78, 5) is 13.1. The Hall–Kier alpha value is -0.690. The van der Waals surface area contributed by atoms with Gasteiger partial charge in [-0.2, -0.15) is 0 Å². The number of methoxy groups -OCH3 is 2. The van der Waals surface area contributed by atoms with E-state index < -0.39 is 6.10 Å². The van der Waals surface area contributed by atoms with Gasteiger partial charge in [0.25, 0.3) is 0 Å². The van der Waals surface area contributed by atoms with Crippen LogP contribution >= 0.6 is 0 Å². The number of ether oxygens (including phenoxy) is 3. The van der Waals surface area contributed by atoms with Crippen molar-refractivity contribution in [1.82, 2.24) is 4.90 Å². The second-order valence-corrected chi connectivity index (χ2v) is 4.32. The summed E-state index contributed by atoms with van der Waals surface area (Å²) in [5.74, 6) is -0.309. The van der Waals surface area contributed by atoms with Crippen LogP contribution in [0.2, 0.25) is 0 Å². The molecule has 0 rings (SSSR count). The topological polar surface area (TPSA) is 68.2 Å². The predicted octanol–water partition coefficient (Wildman–Crippen LogP) is -0.106. The minimum atomic E-state index is -0.631. The molecule has 0 spiro atoms. The maximum atomic E-state index is 11.2. The summed E-state index contributed by atoms with van der Waals surface area (Å²) in [6.45, 7) is 5.65. The monoisotopic (exact) mass is 263 g/mol. The van der Waals surface area contributed by atoms with Crippen molar-refractivity contribution in [2.75, 3.05) is 47.1 Å². The van der Waals surface area contributed by atoms with Crippen molar-refractivity contribution in [3.8, 4) is 0 Å². The smallest absolute Gasteiger partial charge is 0.319 e. The Morgan fingerprint density at radius 2 is 1.94 bits per heavy atom. The molecule has 0 amide bonds. The zero-order valence-corrected chi connectivity index (χ0v) is 11.7. The molecule has 0 radical (unpaired) electrons. The van der Waals surface area contributed by atoms with Gasteiger partial charge < -0.3 is 19.3 Å². The Morgan fingerprint density at radius 3 is 2.44 bits per heavy atom. The predicted molar refractivity (Wildman–Crippen MR) is 67.4 cm³/mol. The summed E-state index contributed by atoms with van der Waals surface area (Å²) in [6.07, 6.45) is -0.631. The molecule has 0 saturated heterocycles. The van der Waals surface area contributed by atoms with E-state index in [1.54, 1.807) is 7.11 Å². The van der Waals surface area contributed by atoms with Crippen molar-refractivity contribution < 1.29 is 24.1 Å². The SMILES string of the molecule is COCCOCC(O)CN(CC(=O)OC)C(C)C. The molecule has 0 heterocycles. The van der Waals surface area contributed by atoms with Crippen molar-refractivity contribution >= 4 is 5.97 Å². The number of carbonyl (C=O) groups excluding carboxylic acids is 1. The number of carbonyl (C=O) groups is 1. The number of rotatable bonds is 10. The van der Waals surface area contributed by atoms with Crippen LogP contribution in [-0.2, 0) is 19.0 Å². The maximum Gasteiger partial charge on any atom is 0.319 e. The number of esters is 1. The van der Waals surface area contributed by atoms with E-state index in [-0.39, 0.29) is 25.2 Å². The highest BCUT2D eigenvalue weighted by molar-refractivity contribution is 5.71. The Labute approximate surface area is 109 Å². The van der Waals surface area contributed by atoms with Gasteiger partial charge >= 0.3 is 5.97 Å². The van der Waals surface area contributed by atoms with Gasteiger partial charge in [0, 0.05) is 19.7 Å². The van der Waals surface area contributed by atoms with Crippen LogP contribution in [0.4, 0.5) is 0 Å². The van der Waals surface area contributed by atoms with Crippen LogP contribution in [0.3, 0.4) is 0 Å². The molecule has 1 unspecified atom stereocenters. The molecule has 0 fully saturated rings. The molecule has 0 aromatic heterocycles. The van der Waals surface area contributed by atoms with E-state index in [2.05, 4.69) is 4.74 Å². The number of hydrogen-bond acceptors (Lipinski definition) is 6. The van der Waals surface area contributed by atoms with Gasteiger partial charge in [0.1, 0.15) is 0 Å². The largest absolute Gasteiger partial charge is 0.468 e. The van der Waals surface area contributed by atoms with Crippen LogP contribution in [0.15, 0.2) is 0 Å². The molecule has 0 aliphatic rings. The summed E-state index contributed by atoms with van der Waals surface area (Å²) in [5, 5.41) is 9.79. The molecular weight excluding hydrogens is 238 g/mol. The van der Waals surface area contributed by atoms with Crippen LogP contribution in [0.5, 0.6) is 0 Å². The molecule has 108 valence electrons. The zero-order chi connectivity index (χ0) is 14.0. The third-order valence-electron chi connectivity index (χ3n) is 2.48. The van der Waals surface area contributed by atoms with Gasteiger partial charge in [0.05, 0.1) is 39.6 Å². The molecule has 0 aromatic rings. The average molecular weight is 263 g/mol. The fraction of sp³-hybridized carbons (Fsp3) is 0.917. The molecular formula is C12H25NO5. The average Bonchev–Trinajstić information content (AvgIpc) is 2.33. The van der Waals surface area contributed by atoms with Crippen molar-refractivity contribution in [3.05, 3.63) is 0 Å². The first-order chi connectivity index (χ1) is 8.51. The third-order valence-corrected chi connectivity index (χ3v) is 2.48. The fourth-order valence-electron chi connectivity index (χ4n) is 1.37. The Balaban J connectivity index is 3.96. The highest BCUT2D eigenvalue weighted by Gasteiger charge is 2.18. The van der Waals surface area contributed by atoms with Crippen LogP contribution in [0, 0.1) is 0 Å². The zero-order valence-electron chi connectivity index (χ0n) is 11.7. The fourth-order valence-corrected chi connectivity index (χ4v) is 1.37. The first-order valence-electron chi connectivity index (χ1n) is 6.06. The van der Waals surface area contributed by atoms with Gasteiger partial charge in [-0.05, 0) is 13.8 Å². The number of aliphatic hydroxyl groups excluding tert-OH is 1. The van der Waals surface area contributed by atoms with Crippen molar-refractivity contribution in [2.45, 2.75) is 26.0 Å². The van der Waals surface area contributed by atoms with E-state index in [1.165, 1.54) is 7.11 Å². The molecule has 18 heavy (non-hydrogen) atoms. The molecule has 0 aliphatic heterocycles. The number of hydrogen-bond donors (Lipinski definition) is 1. The second kappa shape index (κ2) is 10.3. The summed E-state index contributed by atoms with van der Waals surface area (Å²) in [5.41, 5.74) is 0. The van der Waals surface area contributed by atoms with Gasteiger partial charge in [-0.25, -0.2) is 0 Å². The van der Waals surface area contributed by atoms with E-state index >= 15 is 0 Å². The second-order valence-electron chi connectivity index (χ2n) is 4.32. The Morgan fingerprint density at radius 1 is 1.28 bits per heavy atom. The van der Waals surface area contributed by atoms with Gasteiger partial charge in [0.15, 0.2) is 0 Å². The van der Waals surface area contributed by atoms with E-state index in [0.717, 1.165) is 0 Å². The van der Waals surface area contributed by atoms with Crippen LogP contribution in [-0.4, -0.2) is 75.3 Å². The first-order valence-corrected chi connectivity index (χ1v) is 6.06. The Kier molecular flexibility index (Phi) is 9.86. The molecule has 0 aromatic carbocycles. The molecule has 0 bridgehead atoms. The lowest BCUT2D eigenvalue weighted by atomic mass is 10.2. The molecule has 1 N–H and O–H groups in total. The molecule has 0 aliphatic carbocycles. The van der Waals surface area contributed by atoms with E-state index in [4.69, 9.17) is 9.47 Å². The molecule has 6 heteroatoms. The highest BCUT2D eigenvalue weighted by atomic mass is 16.5. The van der Waals surface area contributed by atoms with E-state index in [9.17, 15) is 9.90 Å². The minimum Gasteiger partial charge on any atom is -0.468 e. The Bertz CT molecular complexity index is 223. The van der Waals surface area contributed by atoms with Gasteiger partial charge in [-0.1, -0.05) is 0 Å². The maximum absolute atomic E-state index is 11.2. The van der Waals surface area contributed by atoms with Crippen molar-refractivity contribution in [3.63, 3.8) is 0 Å². The standard InChI is InChI=1S/C12H25NO5/c1-10(2)13(8-12(15)17-4)7-11(14)9-18-6-5-16-3/h10-11,14H,5-9H2,1-4H3. The van der Waals surface area contributed by atoms with Gasteiger partial charge in [-0.15, -0.1) is 0 Å². The van der Waals surface area contributed by atoms with Crippen LogP contribution < -0.4 is 0 Å². The van der Waals surface area contributed by atoms with Crippen molar-refractivity contribution in [1.29, 1.82) is 0 Å². The summed E-state index contributed by atoms with van der Waals surface area (Å²) < 4.78 is 14.7. The molecule has 6 nitrogen and oxygen atoms in total.